The summed E-state index contributed by atoms with van der Waals surface area (Å²) in [5.74, 6) is -0.174. The van der Waals surface area contributed by atoms with E-state index in [0.717, 1.165) is 24.8 Å². The van der Waals surface area contributed by atoms with E-state index in [1.54, 1.807) is 6.08 Å². The van der Waals surface area contributed by atoms with E-state index in [-0.39, 0.29) is 24.5 Å². The molecule has 0 fully saturated rings. The molecule has 5 nitrogen and oxygen atoms in total. The Bertz CT molecular complexity index is 726. The molecule has 192 valence electrons. The average molecular weight is 580 g/mol. The molecule has 0 saturated heterocycles. The predicted molar refractivity (Wildman–Crippen MR) is 143 cm³/mol. The first-order chi connectivity index (χ1) is 16.3. The molecule has 1 atom stereocenters. The van der Waals surface area contributed by atoms with Crippen molar-refractivity contribution in [1.29, 1.82) is 0 Å². The number of benzene rings is 1. The molecule has 0 radical (unpaired) electrons. The summed E-state index contributed by atoms with van der Waals surface area (Å²) < 4.78 is 15.5. The molecule has 0 aliphatic rings. The summed E-state index contributed by atoms with van der Waals surface area (Å²) in [4.78, 5) is 25.5. The van der Waals surface area contributed by atoms with Gasteiger partial charge in [0.05, 0.1) is 0 Å². The van der Waals surface area contributed by atoms with Gasteiger partial charge < -0.3 is 0 Å². The van der Waals surface area contributed by atoms with E-state index in [0.29, 0.717) is 0 Å². The van der Waals surface area contributed by atoms with Crippen molar-refractivity contribution >= 4 is 30.4 Å². The van der Waals surface area contributed by atoms with Crippen LogP contribution in [0.15, 0.2) is 40.0 Å². The Labute approximate surface area is 211 Å². The topological polar surface area (TPSA) is 64.6 Å². The minimum absolute atomic E-state index is 0.140. The maximum atomic E-state index is 12.9. The van der Waals surface area contributed by atoms with Gasteiger partial charge in [-0.25, -0.2) is 0 Å². The number of esters is 1. The van der Waals surface area contributed by atoms with Crippen LogP contribution in [0.2, 0.25) is 13.3 Å². The van der Waals surface area contributed by atoms with Crippen LogP contribution in [0.5, 0.6) is 0 Å². The zero-order chi connectivity index (χ0) is 25.4. The van der Waals surface area contributed by atoms with Gasteiger partial charge in [-0.1, -0.05) is 0 Å². The molecule has 0 unspecified atom stereocenters. The van der Waals surface area contributed by atoms with Crippen molar-refractivity contribution in [3.8, 4) is 0 Å². The molecule has 0 saturated carbocycles. The quantitative estimate of drug-likeness (QED) is 0.126. The molecule has 1 aromatic rings. The van der Waals surface area contributed by atoms with E-state index in [4.69, 9.17) is 9.47 Å². The van der Waals surface area contributed by atoms with Crippen LogP contribution < -0.4 is 5.32 Å². The fourth-order valence-electron chi connectivity index (χ4n) is 4.61. The molecule has 1 aromatic carbocycles. The third-order valence-corrected chi connectivity index (χ3v) is 22.6. The van der Waals surface area contributed by atoms with E-state index in [9.17, 15) is 9.59 Å². The summed E-state index contributed by atoms with van der Waals surface area (Å²) in [5, 5.41) is 3.17. The summed E-state index contributed by atoms with van der Waals surface area (Å²) in [6.45, 7) is 11.2. The molecule has 1 rings (SSSR count). The van der Waals surface area contributed by atoms with E-state index in [2.05, 4.69) is 39.9 Å². The fraction of sp³-hybridized carbons (Fsp3) is 0.643. The van der Waals surface area contributed by atoms with Gasteiger partial charge in [0.2, 0.25) is 0 Å². The molecule has 0 aliphatic heterocycles. The number of ether oxygens (including phenoxy) is 2. The van der Waals surface area contributed by atoms with Gasteiger partial charge in [-0.05, 0) is 0 Å². The minimum atomic E-state index is -3.03. The number of hydrogen-bond donors (Lipinski definition) is 1. The fourth-order valence-corrected chi connectivity index (χ4v) is 22.3. The summed E-state index contributed by atoms with van der Waals surface area (Å²) >= 11 is -3.03. The Morgan fingerprint density at radius 3 is 1.91 bits per heavy atom. The van der Waals surface area contributed by atoms with Crippen molar-refractivity contribution in [1.82, 2.24) is 5.32 Å². The molecule has 34 heavy (non-hydrogen) atoms. The van der Waals surface area contributed by atoms with Gasteiger partial charge in [0, 0.05) is 0 Å². The first kappa shape index (κ1) is 30.5. The predicted octanol–water partition coefficient (Wildman–Crippen LogP) is 7.43. The number of methoxy groups -OCH3 is 1. The number of carbonyl (C=O) groups excluding carboxylic acids is 2. The molecule has 6 heteroatoms. The van der Waals surface area contributed by atoms with Crippen molar-refractivity contribution < 1.29 is 19.1 Å². The Morgan fingerprint density at radius 1 is 0.941 bits per heavy atom. The van der Waals surface area contributed by atoms with Crippen molar-refractivity contribution in [3.05, 3.63) is 45.6 Å². The molecule has 0 aromatic heterocycles. The van der Waals surface area contributed by atoms with Crippen molar-refractivity contribution in [2.45, 2.75) is 99.1 Å². The van der Waals surface area contributed by atoms with E-state index >= 15 is 0 Å². The third-order valence-electron chi connectivity index (χ3n) is 6.60. The third kappa shape index (κ3) is 10.4. The van der Waals surface area contributed by atoms with Gasteiger partial charge in [-0.2, -0.15) is 0 Å². The van der Waals surface area contributed by atoms with Crippen LogP contribution in [0.1, 0.15) is 78.7 Å². The Kier molecular flexibility index (Phi) is 15.3. The standard InChI is InChI=1S/C16H20NO4.3C4H9.Sn/c1-12(2)14(9-10-15(18)20-3)17-16(19)21-11-13-7-5-4-6-8-13;3*1-3-4-2;/h4-8,10,12,14H,11H2,1-3H3,(H,17,19);3*1,3-4H2,2H3;/t14-;;;;/m1..../s1. The zero-order valence-electron chi connectivity index (χ0n) is 22.3. The first-order valence-corrected chi connectivity index (χ1v) is 20.6. The Morgan fingerprint density at radius 2 is 1.47 bits per heavy atom. The molecule has 0 bridgehead atoms. The first-order valence-electron chi connectivity index (χ1n) is 13.1. The van der Waals surface area contributed by atoms with Crippen LogP contribution >= 0.6 is 0 Å². The van der Waals surface area contributed by atoms with Crippen LogP contribution in [-0.4, -0.2) is 43.6 Å². The number of carbonyl (C=O) groups is 2. The number of unbranched alkanes of at least 4 members (excludes halogenated alkanes) is 3. The second kappa shape index (κ2) is 17.0. The molecule has 0 heterocycles. The van der Waals surface area contributed by atoms with Crippen LogP contribution in [0.25, 0.3) is 0 Å². The SMILES string of the molecule is CCC[CH2][Sn]([CH2]CCC)([CH2]CCC)/[C](=C\C(=O)OC)[C@@H](NC(=O)OCc1ccccc1)C(C)C. The molecular formula is C28H47NO4Sn. The summed E-state index contributed by atoms with van der Waals surface area (Å²) in [6.07, 6.45) is 8.25. The van der Waals surface area contributed by atoms with Crippen LogP contribution in [-0.2, 0) is 20.9 Å². The Hall–Kier alpha value is -1.50. The number of hydrogen-bond acceptors (Lipinski definition) is 4. The van der Waals surface area contributed by atoms with E-state index in [1.165, 1.54) is 43.3 Å². The molecule has 0 spiro atoms. The molecule has 1 N–H and O–H groups in total. The maximum absolute atomic E-state index is 12.9. The van der Waals surface area contributed by atoms with Gasteiger partial charge in [0.25, 0.3) is 0 Å². The Balaban J connectivity index is 3.34. The normalized spacial score (nSPS) is 13.0. The van der Waals surface area contributed by atoms with Crippen molar-refractivity contribution in [2.75, 3.05) is 7.11 Å². The summed E-state index contributed by atoms with van der Waals surface area (Å²) in [5.41, 5.74) is 0.950. The van der Waals surface area contributed by atoms with Crippen molar-refractivity contribution in [2.24, 2.45) is 5.92 Å². The molecular weight excluding hydrogens is 533 g/mol. The molecule has 1 amide bonds. The number of alkyl carbamates (subject to hydrolysis) is 1. The van der Waals surface area contributed by atoms with Crippen LogP contribution in [0, 0.1) is 5.92 Å². The zero-order valence-corrected chi connectivity index (χ0v) is 25.2. The van der Waals surface area contributed by atoms with Gasteiger partial charge in [-0.15, -0.1) is 0 Å². The van der Waals surface area contributed by atoms with Crippen LogP contribution in [0.4, 0.5) is 4.79 Å². The molecule has 0 aliphatic carbocycles. The van der Waals surface area contributed by atoms with E-state index in [1.807, 2.05) is 30.3 Å². The van der Waals surface area contributed by atoms with Crippen LogP contribution in [0.3, 0.4) is 0 Å². The van der Waals surface area contributed by atoms with E-state index < -0.39 is 24.5 Å². The van der Waals surface area contributed by atoms with Gasteiger partial charge in [-0.3, -0.25) is 0 Å². The number of amides is 1. The second-order valence-electron chi connectivity index (χ2n) is 9.64. The van der Waals surface area contributed by atoms with Gasteiger partial charge in [0.15, 0.2) is 0 Å². The number of nitrogens with one attached hydrogen (secondary N) is 1. The number of rotatable bonds is 16. The monoisotopic (exact) mass is 581 g/mol. The van der Waals surface area contributed by atoms with Gasteiger partial charge >= 0.3 is 213 Å². The van der Waals surface area contributed by atoms with Crippen molar-refractivity contribution in [3.63, 3.8) is 0 Å². The van der Waals surface area contributed by atoms with Gasteiger partial charge in [0.1, 0.15) is 0 Å². The summed E-state index contributed by atoms with van der Waals surface area (Å²) in [6, 6.07) is 9.47. The second-order valence-corrected chi connectivity index (χ2v) is 22.9. The summed E-state index contributed by atoms with van der Waals surface area (Å²) in [7, 11) is 1.43. The average Bonchev–Trinajstić information content (AvgIpc) is 2.85.